The Balaban J connectivity index is 1.45. The van der Waals surface area contributed by atoms with Crippen molar-refractivity contribution >= 4 is 17.5 Å². The Morgan fingerprint density at radius 1 is 1.24 bits per heavy atom. The van der Waals surface area contributed by atoms with Gasteiger partial charge >= 0.3 is 0 Å². The van der Waals surface area contributed by atoms with Crippen molar-refractivity contribution in [2.45, 2.75) is 64.1 Å². The molecule has 2 aliphatic heterocycles. The molecule has 2 heterocycles. The van der Waals surface area contributed by atoms with Gasteiger partial charge in [-0.25, -0.2) is 0 Å². The first kappa shape index (κ1) is 16.6. The van der Waals surface area contributed by atoms with Crippen LogP contribution in [0.3, 0.4) is 0 Å². The van der Waals surface area contributed by atoms with Gasteiger partial charge in [0.05, 0.1) is 6.04 Å². The van der Waals surface area contributed by atoms with Crippen LogP contribution in [0.2, 0.25) is 0 Å². The maximum atomic E-state index is 13.0. The van der Waals surface area contributed by atoms with Crippen molar-refractivity contribution in [2.75, 3.05) is 11.9 Å². The summed E-state index contributed by atoms with van der Waals surface area (Å²) in [6.07, 6.45) is 6.89. The first-order valence-corrected chi connectivity index (χ1v) is 9.55. The first-order valence-electron chi connectivity index (χ1n) is 9.55. The number of nitrogens with one attached hydrogen (secondary N) is 2. The molecule has 25 heavy (non-hydrogen) atoms. The lowest BCUT2D eigenvalue weighted by atomic mass is 9.85. The van der Waals surface area contributed by atoms with Crippen LogP contribution in [-0.2, 0) is 22.6 Å². The number of hydrogen-bond acceptors (Lipinski definition) is 3. The predicted molar refractivity (Wildman–Crippen MR) is 97.2 cm³/mol. The minimum absolute atomic E-state index is 0.00632. The Labute approximate surface area is 149 Å². The molecular weight excluding hydrogens is 314 g/mol. The molecule has 0 aromatic heterocycles. The molecule has 4 rings (SSSR count). The van der Waals surface area contributed by atoms with Gasteiger partial charge in [0.15, 0.2) is 0 Å². The van der Waals surface area contributed by atoms with Crippen molar-refractivity contribution in [3.63, 3.8) is 0 Å². The predicted octanol–water partition coefficient (Wildman–Crippen LogP) is 2.45. The topological polar surface area (TPSA) is 61.4 Å². The number of benzene rings is 1. The highest BCUT2D eigenvalue weighted by molar-refractivity contribution is 5.90. The zero-order chi connectivity index (χ0) is 17.4. The van der Waals surface area contributed by atoms with Gasteiger partial charge in [0.25, 0.3) is 0 Å². The fourth-order valence-electron chi connectivity index (χ4n) is 4.84. The third-order valence-corrected chi connectivity index (χ3v) is 6.05. The summed E-state index contributed by atoms with van der Waals surface area (Å²) in [5.74, 6) is 0.890. The van der Waals surface area contributed by atoms with Crippen LogP contribution in [0.1, 0.15) is 50.2 Å². The SMILES string of the molecule is CC(=O)Nc1cccc2c1CCN(C(=O)[C@@H]1C[C@@H]3CCCC[C@H]3N1)C2. The minimum Gasteiger partial charge on any atom is -0.337 e. The van der Waals surface area contributed by atoms with Crippen molar-refractivity contribution in [2.24, 2.45) is 5.92 Å². The number of amides is 2. The summed E-state index contributed by atoms with van der Waals surface area (Å²) < 4.78 is 0. The molecule has 2 amide bonds. The minimum atomic E-state index is -0.0512. The summed E-state index contributed by atoms with van der Waals surface area (Å²) in [7, 11) is 0. The van der Waals surface area contributed by atoms with Gasteiger partial charge in [0, 0.05) is 31.7 Å². The maximum absolute atomic E-state index is 13.0. The first-order chi connectivity index (χ1) is 12.1. The smallest absolute Gasteiger partial charge is 0.240 e. The molecule has 1 aliphatic carbocycles. The van der Waals surface area contributed by atoms with Gasteiger partial charge in [0.1, 0.15) is 0 Å². The molecule has 2 N–H and O–H groups in total. The van der Waals surface area contributed by atoms with Crippen molar-refractivity contribution in [1.29, 1.82) is 0 Å². The van der Waals surface area contributed by atoms with E-state index < -0.39 is 0 Å². The van der Waals surface area contributed by atoms with Crippen molar-refractivity contribution < 1.29 is 9.59 Å². The lowest BCUT2D eigenvalue weighted by Gasteiger charge is -2.32. The molecular formula is C20H27N3O2. The van der Waals surface area contributed by atoms with Crippen LogP contribution in [0.5, 0.6) is 0 Å². The van der Waals surface area contributed by atoms with Gasteiger partial charge < -0.3 is 15.5 Å². The second-order valence-electron chi connectivity index (χ2n) is 7.74. The van der Waals surface area contributed by atoms with Crippen LogP contribution in [0.4, 0.5) is 5.69 Å². The van der Waals surface area contributed by atoms with Crippen molar-refractivity contribution in [3.05, 3.63) is 29.3 Å². The average molecular weight is 341 g/mol. The number of carbonyl (C=O) groups is 2. The number of carbonyl (C=O) groups excluding carboxylic acids is 2. The van der Waals surface area contributed by atoms with E-state index in [2.05, 4.69) is 16.7 Å². The molecule has 3 atom stereocenters. The quantitative estimate of drug-likeness (QED) is 0.869. The number of rotatable bonds is 2. The highest BCUT2D eigenvalue weighted by atomic mass is 16.2. The molecule has 5 nitrogen and oxygen atoms in total. The van der Waals surface area contributed by atoms with E-state index in [4.69, 9.17) is 0 Å². The van der Waals surface area contributed by atoms with Gasteiger partial charge in [-0.2, -0.15) is 0 Å². The molecule has 0 bridgehead atoms. The second-order valence-corrected chi connectivity index (χ2v) is 7.74. The monoisotopic (exact) mass is 341 g/mol. The van der Waals surface area contributed by atoms with E-state index in [0.717, 1.165) is 30.6 Å². The summed E-state index contributed by atoms with van der Waals surface area (Å²) in [5.41, 5.74) is 3.22. The van der Waals surface area contributed by atoms with Gasteiger partial charge in [-0.1, -0.05) is 25.0 Å². The highest BCUT2D eigenvalue weighted by Crippen LogP contribution is 2.34. The third-order valence-electron chi connectivity index (χ3n) is 6.05. The fourth-order valence-corrected chi connectivity index (χ4v) is 4.84. The zero-order valence-electron chi connectivity index (χ0n) is 14.9. The number of nitrogens with zero attached hydrogens (tertiary/aromatic N) is 1. The van der Waals surface area contributed by atoms with E-state index in [-0.39, 0.29) is 17.9 Å². The summed E-state index contributed by atoms with van der Waals surface area (Å²) in [5, 5.41) is 6.51. The van der Waals surface area contributed by atoms with Crippen LogP contribution < -0.4 is 10.6 Å². The van der Waals surface area contributed by atoms with Crippen LogP contribution in [0.25, 0.3) is 0 Å². The number of hydrogen-bond donors (Lipinski definition) is 2. The average Bonchev–Trinajstić information content (AvgIpc) is 3.04. The molecule has 134 valence electrons. The van der Waals surface area contributed by atoms with E-state index >= 15 is 0 Å². The highest BCUT2D eigenvalue weighted by Gasteiger charge is 2.40. The molecule has 1 aromatic carbocycles. The van der Waals surface area contributed by atoms with Crippen LogP contribution >= 0.6 is 0 Å². The van der Waals surface area contributed by atoms with Gasteiger partial charge in [-0.15, -0.1) is 0 Å². The normalized spacial score (nSPS) is 28.2. The lowest BCUT2D eigenvalue weighted by molar-refractivity contribution is -0.134. The largest absolute Gasteiger partial charge is 0.337 e. The molecule has 2 fully saturated rings. The summed E-state index contributed by atoms with van der Waals surface area (Å²) in [4.78, 5) is 26.4. The Bertz CT molecular complexity index is 674. The van der Waals surface area contributed by atoms with E-state index in [1.165, 1.54) is 38.2 Å². The third kappa shape index (κ3) is 3.30. The Hall–Kier alpha value is -1.88. The lowest BCUT2D eigenvalue weighted by Crippen LogP contribution is -2.47. The molecule has 0 radical (unpaired) electrons. The number of fused-ring (bicyclic) bond motifs is 2. The standard InChI is InChI=1S/C20H27N3O2/c1-13(24)21-18-8-4-6-15-12-23(10-9-16(15)18)20(25)19-11-14-5-2-3-7-17(14)22-19/h4,6,8,14,17,19,22H,2-3,5,7,9-12H2,1H3,(H,21,24)/t14-,17+,19-/m0/s1. The van der Waals surface area contributed by atoms with E-state index in [1.54, 1.807) is 0 Å². The van der Waals surface area contributed by atoms with Crippen molar-refractivity contribution in [3.8, 4) is 0 Å². The van der Waals surface area contributed by atoms with E-state index in [1.807, 2.05) is 17.0 Å². The Morgan fingerprint density at radius 2 is 2.08 bits per heavy atom. The summed E-state index contributed by atoms with van der Waals surface area (Å²) in [6, 6.07) is 6.52. The van der Waals surface area contributed by atoms with Crippen molar-refractivity contribution in [1.82, 2.24) is 10.2 Å². The van der Waals surface area contributed by atoms with Crippen LogP contribution in [0, 0.1) is 5.92 Å². The molecule has 3 aliphatic rings. The van der Waals surface area contributed by atoms with E-state index in [0.29, 0.717) is 18.5 Å². The molecule has 0 spiro atoms. The fraction of sp³-hybridized carbons (Fsp3) is 0.600. The Morgan fingerprint density at radius 3 is 2.88 bits per heavy atom. The van der Waals surface area contributed by atoms with Gasteiger partial charge in [0.2, 0.25) is 11.8 Å². The molecule has 1 aromatic rings. The summed E-state index contributed by atoms with van der Waals surface area (Å²) in [6.45, 7) is 2.91. The van der Waals surface area contributed by atoms with Crippen LogP contribution in [0.15, 0.2) is 18.2 Å². The van der Waals surface area contributed by atoms with Gasteiger partial charge in [-0.3, -0.25) is 9.59 Å². The Kier molecular flexibility index (Phi) is 4.50. The van der Waals surface area contributed by atoms with Crippen LogP contribution in [-0.4, -0.2) is 35.3 Å². The molecule has 0 unspecified atom stereocenters. The summed E-state index contributed by atoms with van der Waals surface area (Å²) >= 11 is 0. The zero-order valence-corrected chi connectivity index (χ0v) is 14.9. The second kappa shape index (κ2) is 6.79. The number of anilines is 1. The maximum Gasteiger partial charge on any atom is 0.240 e. The van der Waals surface area contributed by atoms with Gasteiger partial charge in [-0.05, 0) is 48.8 Å². The van der Waals surface area contributed by atoms with E-state index in [9.17, 15) is 9.59 Å². The molecule has 1 saturated heterocycles. The molecule has 1 saturated carbocycles. The molecule has 5 heteroatoms.